The van der Waals surface area contributed by atoms with Crippen LogP contribution in [0.5, 0.6) is 5.75 Å². The highest BCUT2D eigenvalue weighted by Crippen LogP contribution is 2.15. The van der Waals surface area contributed by atoms with E-state index in [9.17, 15) is 9.90 Å². The second kappa shape index (κ2) is 3.91. The molecule has 70 valence electrons. The van der Waals surface area contributed by atoms with Crippen LogP contribution in [0.4, 0.5) is 0 Å². The monoisotopic (exact) mass is 182 g/mol. The zero-order chi connectivity index (χ0) is 9.84. The van der Waals surface area contributed by atoms with Crippen molar-refractivity contribution in [2.24, 2.45) is 0 Å². The largest absolute Gasteiger partial charge is 0.502 e. The van der Waals surface area contributed by atoms with Gasteiger partial charge in [-0.2, -0.15) is 0 Å². The second-order valence-electron chi connectivity index (χ2n) is 2.45. The van der Waals surface area contributed by atoms with E-state index in [0.29, 0.717) is 0 Å². The van der Waals surface area contributed by atoms with Crippen molar-refractivity contribution in [2.75, 3.05) is 0 Å². The summed E-state index contributed by atoms with van der Waals surface area (Å²) >= 11 is 0. The summed E-state index contributed by atoms with van der Waals surface area (Å²) < 4.78 is 4.99. The summed E-state index contributed by atoms with van der Waals surface area (Å²) in [4.78, 5) is 11.0. The van der Waals surface area contributed by atoms with Gasteiger partial charge in [0, 0.05) is 6.07 Å². The third-order valence-electron chi connectivity index (χ3n) is 1.47. The lowest BCUT2D eigenvalue weighted by Crippen LogP contribution is -2.02. The van der Waals surface area contributed by atoms with Crippen LogP contribution in [0, 0.1) is 0 Å². The van der Waals surface area contributed by atoms with Gasteiger partial charge in [0.2, 0.25) is 11.2 Å². The van der Waals surface area contributed by atoms with Crippen molar-refractivity contribution in [2.45, 2.75) is 13.5 Å². The second-order valence-corrected chi connectivity index (χ2v) is 2.45. The van der Waals surface area contributed by atoms with E-state index >= 15 is 0 Å². The molecule has 0 fully saturated rings. The molecule has 0 saturated heterocycles. The zero-order valence-electron chi connectivity index (χ0n) is 7.15. The Morgan fingerprint density at radius 2 is 2.31 bits per heavy atom. The number of hydrogen-bond donors (Lipinski definition) is 2. The van der Waals surface area contributed by atoms with E-state index in [1.165, 1.54) is 6.08 Å². The Morgan fingerprint density at radius 3 is 2.85 bits per heavy atom. The Labute approximate surface area is 74.8 Å². The number of aromatic hydroxyl groups is 1. The fourth-order valence-electron chi connectivity index (χ4n) is 0.897. The fraction of sp³-hybridized carbons (Fsp3) is 0.222. The van der Waals surface area contributed by atoms with E-state index in [1.807, 2.05) is 0 Å². The van der Waals surface area contributed by atoms with Crippen LogP contribution in [0.25, 0.3) is 6.08 Å². The molecular weight excluding hydrogens is 172 g/mol. The molecule has 1 aromatic rings. The molecule has 0 aromatic carbocycles. The molecule has 0 bridgehead atoms. The van der Waals surface area contributed by atoms with Gasteiger partial charge in [-0.05, 0) is 13.0 Å². The standard InChI is InChI=1S/C9H10O4/c1-2-3-8-9(12)7(11)4-6(5-10)13-8/h2-4,10,12H,5H2,1H3/b3-2-. The quantitative estimate of drug-likeness (QED) is 0.712. The number of allylic oxidation sites excluding steroid dienone is 1. The maximum atomic E-state index is 11.0. The van der Waals surface area contributed by atoms with E-state index in [4.69, 9.17) is 9.52 Å². The van der Waals surface area contributed by atoms with E-state index in [-0.39, 0.29) is 18.1 Å². The summed E-state index contributed by atoms with van der Waals surface area (Å²) in [5.74, 6) is -0.231. The molecule has 0 atom stereocenters. The molecule has 0 amide bonds. The molecule has 0 aliphatic carbocycles. The lowest BCUT2D eigenvalue weighted by atomic mass is 10.3. The fourth-order valence-corrected chi connectivity index (χ4v) is 0.897. The van der Waals surface area contributed by atoms with Gasteiger partial charge in [0.25, 0.3) is 0 Å². The normalized spacial score (nSPS) is 10.9. The van der Waals surface area contributed by atoms with Crippen LogP contribution in [0.15, 0.2) is 21.4 Å². The van der Waals surface area contributed by atoms with Crippen molar-refractivity contribution in [1.82, 2.24) is 0 Å². The highest BCUT2D eigenvalue weighted by atomic mass is 16.4. The highest BCUT2D eigenvalue weighted by molar-refractivity contribution is 5.49. The molecular formula is C9H10O4. The maximum Gasteiger partial charge on any atom is 0.227 e. The van der Waals surface area contributed by atoms with Crippen molar-refractivity contribution in [1.29, 1.82) is 0 Å². The molecule has 4 heteroatoms. The average molecular weight is 182 g/mol. The average Bonchev–Trinajstić information content (AvgIpc) is 2.13. The lowest BCUT2D eigenvalue weighted by Gasteiger charge is -1.99. The Kier molecular flexibility index (Phi) is 2.87. The van der Waals surface area contributed by atoms with Crippen LogP contribution >= 0.6 is 0 Å². The molecule has 0 saturated carbocycles. The number of aliphatic hydroxyl groups is 1. The summed E-state index contributed by atoms with van der Waals surface area (Å²) in [7, 11) is 0. The summed E-state index contributed by atoms with van der Waals surface area (Å²) in [6, 6.07) is 1.06. The summed E-state index contributed by atoms with van der Waals surface area (Å²) in [5, 5.41) is 17.9. The Hall–Kier alpha value is -1.55. The van der Waals surface area contributed by atoms with Crippen molar-refractivity contribution >= 4 is 6.08 Å². The molecule has 1 heterocycles. The predicted molar refractivity (Wildman–Crippen MR) is 47.3 cm³/mol. The Bertz CT molecular complexity index is 376. The van der Waals surface area contributed by atoms with Gasteiger partial charge in [0.1, 0.15) is 12.4 Å². The minimum atomic E-state index is -0.552. The van der Waals surface area contributed by atoms with Gasteiger partial charge in [-0.25, -0.2) is 0 Å². The third kappa shape index (κ3) is 1.97. The van der Waals surface area contributed by atoms with Crippen molar-refractivity contribution in [3.63, 3.8) is 0 Å². The van der Waals surface area contributed by atoms with Crippen molar-refractivity contribution in [3.05, 3.63) is 33.9 Å². The molecule has 1 rings (SSSR count). The van der Waals surface area contributed by atoms with Crippen molar-refractivity contribution < 1.29 is 14.6 Å². The molecule has 0 spiro atoms. The molecule has 0 aliphatic heterocycles. The molecule has 0 unspecified atom stereocenters. The minimum absolute atomic E-state index is 0.0686. The summed E-state index contributed by atoms with van der Waals surface area (Å²) in [6.07, 6.45) is 3.08. The molecule has 4 nitrogen and oxygen atoms in total. The SMILES string of the molecule is C/C=C\c1oc(CO)cc(=O)c1O. The predicted octanol–water partition coefficient (Wildman–Crippen LogP) is 0.871. The van der Waals surface area contributed by atoms with Gasteiger partial charge in [-0.3, -0.25) is 4.79 Å². The van der Waals surface area contributed by atoms with Gasteiger partial charge in [0.05, 0.1) is 0 Å². The van der Waals surface area contributed by atoms with Crippen LogP contribution in [-0.4, -0.2) is 10.2 Å². The first-order valence-electron chi connectivity index (χ1n) is 3.78. The van der Waals surface area contributed by atoms with E-state index in [0.717, 1.165) is 6.07 Å². The van der Waals surface area contributed by atoms with Crippen LogP contribution in [0.1, 0.15) is 18.4 Å². The number of hydrogen-bond acceptors (Lipinski definition) is 4. The van der Waals surface area contributed by atoms with Gasteiger partial charge >= 0.3 is 0 Å². The first-order chi connectivity index (χ1) is 6.19. The minimum Gasteiger partial charge on any atom is -0.502 e. The van der Waals surface area contributed by atoms with Crippen molar-refractivity contribution in [3.8, 4) is 5.75 Å². The molecule has 2 N–H and O–H groups in total. The van der Waals surface area contributed by atoms with Gasteiger partial charge < -0.3 is 14.6 Å². The first-order valence-corrected chi connectivity index (χ1v) is 3.78. The Balaban J connectivity index is 3.33. The lowest BCUT2D eigenvalue weighted by molar-refractivity contribution is 0.240. The summed E-state index contributed by atoms with van der Waals surface area (Å²) in [6.45, 7) is 1.37. The molecule has 0 aliphatic rings. The Morgan fingerprint density at radius 1 is 1.62 bits per heavy atom. The molecule has 0 radical (unpaired) electrons. The smallest absolute Gasteiger partial charge is 0.227 e. The van der Waals surface area contributed by atoms with E-state index in [2.05, 4.69) is 0 Å². The number of rotatable bonds is 2. The maximum absolute atomic E-state index is 11.0. The van der Waals surface area contributed by atoms with Crippen LogP contribution < -0.4 is 5.43 Å². The van der Waals surface area contributed by atoms with Gasteiger partial charge in [-0.1, -0.05) is 6.08 Å². The zero-order valence-corrected chi connectivity index (χ0v) is 7.15. The van der Waals surface area contributed by atoms with Gasteiger partial charge in [-0.15, -0.1) is 0 Å². The molecule has 13 heavy (non-hydrogen) atoms. The van der Waals surface area contributed by atoms with Gasteiger partial charge in [0.15, 0.2) is 5.76 Å². The summed E-state index contributed by atoms with van der Waals surface area (Å²) in [5.41, 5.74) is -0.552. The van der Waals surface area contributed by atoms with Crippen LogP contribution in [0.2, 0.25) is 0 Å². The van der Waals surface area contributed by atoms with Crippen LogP contribution in [-0.2, 0) is 6.61 Å². The molecule has 1 aromatic heterocycles. The van der Waals surface area contributed by atoms with E-state index < -0.39 is 11.2 Å². The number of aliphatic hydroxyl groups excluding tert-OH is 1. The van der Waals surface area contributed by atoms with Crippen LogP contribution in [0.3, 0.4) is 0 Å². The van der Waals surface area contributed by atoms with E-state index in [1.54, 1.807) is 13.0 Å². The topological polar surface area (TPSA) is 70.7 Å². The first kappa shape index (κ1) is 9.54. The highest BCUT2D eigenvalue weighted by Gasteiger charge is 2.07. The third-order valence-corrected chi connectivity index (χ3v) is 1.47.